The molecule has 1 nitrogen and oxygen atoms in total. The molecule has 0 N–H and O–H groups in total. The molecule has 0 saturated carbocycles. The third-order valence-corrected chi connectivity index (χ3v) is 12.4. The van der Waals surface area contributed by atoms with Gasteiger partial charge in [-0.05, 0) is 125 Å². The summed E-state index contributed by atoms with van der Waals surface area (Å²) in [4.78, 5) is 2.46. The van der Waals surface area contributed by atoms with E-state index < -0.39 is 0 Å². The summed E-state index contributed by atoms with van der Waals surface area (Å²) in [6.07, 6.45) is 0. The first-order valence-corrected chi connectivity index (χ1v) is 20.8. The zero-order chi connectivity index (χ0) is 40.4. The molecule has 0 spiro atoms. The summed E-state index contributed by atoms with van der Waals surface area (Å²) in [7, 11) is 0. The Morgan fingerprint density at radius 2 is 0.845 bits per heavy atom. The summed E-state index contributed by atoms with van der Waals surface area (Å²) >= 11 is 0. The van der Waals surface area contributed by atoms with Crippen molar-refractivity contribution in [2.75, 3.05) is 4.90 Å². The molecule has 0 fully saturated rings. The number of nitrogens with zero attached hydrogens (tertiary/aromatic N) is 1. The van der Waals surface area contributed by atoms with E-state index in [2.05, 4.69) is 236 Å². The lowest BCUT2D eigenvalue weighted by molar-refractivity contribution is 0.589. The van der Waals surface area contributed by atoms with Crippen molar-refractivity contribution in [2.45, 2.75) is 71.6 Å². The molecule has 8 aromatic rings. The SMILES string of the molecule is CC(C)(C)c1cc(-c2ccccc2)c2c(-c3ccc(N(c4ccc5c(c4)C(C)(C)c4ccccc4-5)c4ccccc4-c4ccccc4)cc3)cc(C(C)(C)C)cc2c1. The van der Waals surface area contributed by atoms with Crippen LogP contribution in [0.3, 0.4) is 0 Å². The molecule has 0 heterocycles. The highest BCUT2D eigenvalue weighted by molar-refractivity contribution is 6.07. The third-order valence-electron chi connectivity index (χ3n) is 12.4. The molecule has 9 rings (SSSR count). The van der Waals surface area contributed by atoms with Crippen LogP contribution < -0.4 is 4.90 Å². The molecule has 0 amide bonds. The molecule has 1 heteroatoms. The largest absolute Gasteiger partial charge is 0.310 e. The van der Waals surface area contributed by atoms with E-state index in [0.29, 0.717) is 0 Å². The van der Waals surface area contributed by atoms with Gasteiger partial charge in [0.05, 0.1) is 5.69 Å². The van der Waals surface area contributed by atoms with E-state index >= 15 is 0 Å². The first kappa shape index (κ1) is 37.4. The molecular weight excluding hydrogens is 699 g/mol. The summed E-state index contributed by atoms with van der Waals surface area (Å²) in [5, 5.41) is 2.59. The van der Waals surface area contributed by atoms with Crippen molar-refractivity contribution in [3.8, 4) is 44.5 Å². The Bertz CT molecular complexity index is 2790. The van der Waals surface area contributed by atoms with E-state index in [0.717, 1.165) is 17.1 Å². The fourth-order valence-corrected chi connectivity index (χ4v) is 9.03. The lowest BCUT2D eigenvalue weighted by Crippen LogP contribution is -2.16. The molecule has 0 unspecified atom stereocenters. The van der Waals surface area contributed by atoms with Crippen molar-refractivity contribution in [1.82, 2.24) is 0 Å². The Morgan fingerprint density at radius 1 is 0.379 bits per heavy atom. The minimum atomic E-state index is -0.112. The van der Waals surface area contributed by atoms with Crippen molar-refractivity contribution in [3.63, 3.8) is 0 Å². The lowest BCUT2D eigenvalue weighted by atomic mass is 9.78. The maximum atomic E-state index is 2.46. The van der Waals surface area contributed by atoms with E-state index in [1.807, 2.05) is 0 Å². The second-order valence-corrected chi connectivity index (χ2v) is 18.7. The Balaban J connectivity index is 1.25. The Labute approximate surface area is 345 Å². The lowest BCUT2D eigenvalue weighted by Gasteiger charge is -2.30. The predicted octanol–water partition coefficient (Wildman–Crippen LogP) is 16.2. The summed E-state index contributed by atoms with van der Waals surface area (Å²) in [6, 6.07) is 65.6. The second-order valence-electron chi connectivity index (χ2n) is 18.7. The van der Waals surface area contributed by atoms with Crippen molar-refractivity contribution >= 4 is 27.8 Å². The van der Waals surface area contributed by atoms with E-state index in [4.69, 9.17) is 0 Å². The number of hydrogen-bond acceptors (Lipinski definition) is 1. The van der Waals surface area contributed by atoms with E-state index in [1.165, 1.54) is 77.5 Å². The number of para-hydroxylation sites is 1. The van der Waals surface area contributed by atoms with Crippen LogP contribution >= 0.6 is 0 Å². The normalized spacial score (nSPS) is 13.3. The fraction of sp³-hybridized carbons (Fsp3) is 0.193. The van der Waals surface area contributed by atoms with Gasteiger partial charge in [-0.2, -0.15) is 0 Å². The van der Waals surface area contributed by atoms with Gasteiger partial charge in [0.1, 0.15) is 0 Å². The van der Waals surface area contributed by atoms with Gasteiger partial charge in [0.15, 0.2) is 0 Å². The number of fused-ring (bicyclic) bond motifs is 4. The van der Waals surface area contributed by atoms with Crippen LogP contribution in [0, 0.1) is 0 Å². The van der Waals surface area contributed by atoms with E-state index in [1.54, 1.807) is 0 Å². The average molecular weight is 752 g/mol. The first-order valence-electron chi connectivity index (χ1n) is 20.8. The van der Waals surface area contributed by atoms with E-state index in [-0.39, 0.29) is 16.2 Å². The van der Waals surface area contributed by atoms with Gasteiger partial charge >= 0.3 is 0 Å². The third kappa shape index (κ3) is 6.53. The molecule has 0 aromatic heterocycles. The maximum Gasteiger partial charge on any atom is 0.0540 e. The van der Waals surface area contributed by atoms with Crippen molar-refractivity contribution in [2.24, 2.45) is 0 Å². The number of hydrogen-bond donors (Lipinski definition) is 0. The van der Waals surface area contributed by atoms with Gasteiger partial charge in [-0.15, -0.1) is 0 Å². The summed E-state index contributed by atoms with van der Waals surface area (Å²) in [5.41, 5.74) is 18.8. The van der Waals surface area contributed by atoms with Crippen molar-refractivity contribution in [1.29, 1.82) is 0 Å². The van der Waals surface area contributed by atoms with E-state index in [9.17, 15) is 0 Å². The maximum absolute atomic E-state index is 2.46. The van der Waals surface area contributed by atoms with Crippen LogP contribution in [0.1, 0.15) is 77.6 Å². The van der Waals surface area contributed by atoms with Gasteiger partial charge in [-0.3, -0.25) is 0 Å². The Hall–Kier alpha value is -6.18. The van der Waals surface area contributed by atoms with Crippen molar-refractivity contribution in [3.05, 3.63) is 198 Å². The summed E-state index contributed by atoms with van der Waals surface area (Å²) < 4.78 is 0. The van der Waals surface area contributed by atoms with Crippen LogP contribution in [0.2, 0.25) is 0 Å². The van der Waals surface area contributed by atoms with Gasteiger partial charge in [0.25, 0.3) is 0 Å². The topological polar surface area (TPSA) is 3.24 Å². The second kappa shape index (κ2) is 14.0. The number of benzene rings is 8. The summed E-state index contributed by atoms with van der Waals surface area (Å²) in [6.45, 7) is 18.7. The zero-order valence-corrected chi connectivity index (χ0v) is 35.2. The summed E-state index contributed by atoms with van der Waals surface area (Å²) in [5.74, 6) is 0. The molecule has 0 aliphatic heterocycles. The van der Waals surface area contributed by atoms with Gasteiger partial charge in [-0.1, -0.05) is 189 Å². The fourth-order valence-electron chi connectivity index (χ4n) is 9.03. The molecule has 0 saturated heterocycles. The molecule has 0 radical (unpaired) electrons. The quantitative estimate of drug-likeness (QED) is 0.164. The Morgan fingerprint density at radius 3 is 1.43 bits per heavy atom. The molecule has 8 aromatic carbocycles. The van der Waals surface area contributed by atoms with Gasteiger partial charge in [-0.25, -0.2) is 0 Å². The molecule has 0 bridgehead atoms. The van der Waals surface area contributed by atoms with Gasteiger partial charge in [0, 0.05) is 22.4 Å². The minimum Gasteiger partial charge on any atom is -0.310 e. The Kier molecular flexibility index (Phi) is 9.05. The van der Waals surface area contributed by atoms with Crippen LogP contribution in [0.4, 0.5) is 17.1 Å². The smallest absolute Gasteiger partial charge is 0.0540 e. The van der Waals surface area contributed by atoms with Crippen LogP contribution in [-0.4, -0.2) is 0 Å². The number of anilines is 3. The highest BCUT2D eigenvalue weighted by atomic mass is 15.1. The molecular formula is C57H53N. The minimum absolute atomic E-state index is 0.00628. The molecule has 1 aliphatic rings. The average Bonchev–Trinajstić information content (AvgIpc) is 3.46. The highest BCUT2D eigenvalue weighted by Crippen LogP contribution is 2.51. The standard InChI is InChI=1S/C57H53N/c1-55(2,3)42-33-41-34-43(56(4,5)6)36-50(54(41)49(35-42)39-21-13-10-14-22-39)40-27-29-44(30-28-40)58(53-26-18-16-23-46(53)38-19-11-9-12-20-38)45-31-32-48-47-24-15-17-25-51(47)57(7,8)52(48)37-45/h9-37H,1-8H3. The first-order chi connectivity index (χ1) is 27.8. The zero-order valence-electron chi connectivity index (χ0n) is 35.2. The molecule has 58 heavy (non-hydrogen) atoms. The van der Waals surface area contributed by atoms with Gasteiger partial charge in [0.2, 0.25) is 0 Å². The van der Waals surface area contributed by atoms with Crippen LogP contribution in [0.25, 0.3) is 55.3 Å². The van der Waals surface area contributed by atoms with Crippen molar-refractivity contribution < 1.29 is 0 Å². The van der Waals surface area contributed by atoms with Gasteiger partial charge < -0.3 is 4.90 Å². The highest BCUT2D eigenvalue weighted by Gasteiger charge is 2.36. The monoisotopic (exact) mass is 751 g/mol. The van der Waals surface area contributed by atoms with Crippen LogP contribution in [0.15, 0.2) is 176 Å². The van der Waals surface area contributed by atoms with Crippen LogP contribution in [0.5, 0.6) is 0 Å². The van der Waals surface area contributed by atoms with Crippen LogP contribution in [-0.2, 0) is 16.2 Å². The molecule has 286 valence electrons. The molecule has 0 atom stereocenters. The predicted molar refractivity (Wildman–Crippen MR) is 250 cm³/mol. The molecule has 1 aliphatic carbocycles. The number of rotatable bonds is 6.